The van der Waals surface area contributed by atoms with E-state index in [0.29, 0.717) is 12.3 Å². The number of benzene rings is 1. The second-order valence-electron chi connectivity index (χ2n) is 4.04. The summed E-state index contributed by atoms with van der Waals surface area (Å²) in [4.78, 5) is 11.0. The number of nitrogens with one attached hydrogen (secondary N) is 1. The van der Waals surface area contributed by atoms with Crippen molar-refractivity contribution in [3.05, 3.63) is 34.3 Å². The van der Waals surface area contributed by atoms with Gasteiger partial charge in [0.1, 0.15) is 0 Å². The molecule has 0 bridgehead atoms. The minimum atomic E-state index is 0.204. The van der Waals surface area contributed by atoms with Crippen LogP contribution in [-0.4, -0.2) is 12.5 Å². The van der Waals surface area contributed by atoms with E-state index in [1.807, 2.05) is 0 Å². The van der Waals surface area contributed by atoms with Crippen LogP contribution >= 0.6 is 15.9 Å². The lowest BCUT2D eigenvalue weighted by Gasteiger charge is -2.06. The third kappa shape index (κ3) is 3.06. The molecular weight excluding hydrogens is 254 g/mol. The van der Waals surface area contributed by atoms with Crippen LogP contribution in [0.3, 0.4) is 0 Å². The van der Waals surface area contributed by atoms with Crippen LogP contribution in [0, 0.1) is 5.92 Å². The van der Waals surface area contributed by atoms with Gasteiger partial charge in [0.2, 0.25) is 5.91 Å². The fraction of sp³-hybridized carbons (Fsp3) is 0.417. The third-order valence-electron chi connectivity index (χ3n) is 2.82. The summed E-state index contributed by atoms with van der Waals surface area (Å²) in [6.45, 7) is 0.857. The molecule has 1 aliphatic heterocycles. The molecule has 3 heteroatoms. The monoisotopic (exact) mass is 267 g/mol. The lowest BCUT2D eigenvalue weighted by atomic mass is 9.99. The molecule has 0 spiro atoms. The summed E-state index contributed by atoms with van der Waals surface area (Å²) in [5.41, 5.74) is 1.34. The minimum Gasteiger partial charge on any atom is -0.356 e. The van der Waals surface area contributed by atoms with E-state index in [-0.39, 0.29) is 5.91 Å². The first kappa shape index (κ1) is 10.7. The molecule has 0 aliphatic carbocycles. The largest absolute Gasteiger partial charge is 0.356 e. The lowest BCUT2D eigenvalue weighted by Crippen LogP contribution is -2.14. The molecular formula is C12H14BrNO. The number of halogens is 1. The number of carbonyl (C=O) groups excluding carboxylic acids is 1. The molecule has 1 aromatic rings. The molecule has 1 fully saturated rings. The molecule has 1 atom stereocenters. The van der Waals surface area contributed by atoms with Gasteiger partial charge in [-0.1, -0.05) is 28.1 Å². The fourth-order valence-corrected chi connectivity index (χ4v) is 2.16. The zero-order valence-electron chi connectivity index (χ0n) is 8.50. The Morgan fingerprint density at radius 2 is 2.07 bits per heavy atom. The van der Waals surface area contributed by atoms with Crippen molar-refractivity contribution >= 4 is 21.8 Å². The van der Waals surface area contributed by atoms with E-state index in [9.17, 15) is 4.79 Å². The molecule has 15 heavy (non-hydrogen) atoms. The van der Waals surface area contributed by atoms with Crippen LogP contribution in [0.15, 0.2) is 28.7 Å². The van der Waals surface area contributed by atoms with E-state index >= 15 is 0 Å². The van der Waals surface area contributed by atoms with E-state index in [0.717, 1.165) is 23.9 Å². The first-order valence-electron chi connectivity index (χ1n) is 5.25. The normalized spacial score (nSPS) is 20.3. The van der Waals surface area contributed by atoms with Gasteiger partial charge < -0.3 is 5.32 Å². The average Bonchev–Trinajstić information content (AvgIpc) is 2.64. The minimum absolute atomic E-state index is 0.204. The predicted molar refractivity (Wildman–Crippen MR) is 63.6 cm³/mol. The quantitative estimate of drug-likeness (QED) is 0.896. The van der Waals surface area contributed by atoms with Gasteiger partial charge in [0.15, 0.2) is 0 Å². The molecule has 1 saturated heterocycles. The van der Waals surface area contributed by atoms with Gasteiger partial charge >= 0.3 is 0 Å². The fourth-order valence-electron chi connectivity index (χ4n) is 1.89. The molecule has 1 N–H and O–H groups in total. The van der Waals surface area contributed by atoms with Crippen LogP contribution in [0.5, 0.6) is 0 Å². The van der Waals surface area contributed by atoms with Crippen molar-refractivity contribution < 1.29 is 4.79 Å². The highest BCUT2D eigenvalue weighted by atomic mass is 79.9. The number of aryl methyl sites for hydroxylation is 1. The Kier molecular flexibility index (Phi) is 3.41. The highest BCUT2D eigenvalue weighted by Crippen LogP contribution is 2.18. The Morgan fingerprint density at radius 3 is 2.67 bits per heavy atom. The number of amides is 1. The van der Waals surface area contributed by atoms with Crippen LogP contribution < -0.4 is 5.32 Å². The molecule has 0 aromatic heterocycles. The van der Waals surface area contributed by atoms with Crippen molar-refractivity contribution in [3.63, 3.8) is 0 Å². The molecule has 0 radical (unpaired) electrons. The molecule has 1 aromatic carbocycles. The third-order valence-corrected chi connectivity index (χ3v) is 3.35. The summed E-state index contributed by atoms with van der Waals surface area (Å²) in [5.74, 6) is 0.733. The van der Waals surface area contributed by atoms with Gasteiger partial charge in [-0.15, -0.1) is 0 Å². The molecule has 2 rings (SSSR count). The summed E-state index contributed by atoms with van der Waals surface area (Å²) in [6, 6.07) is 8.39. The Bertz CT molecular complexity index is 347. The standard InChI is InChI=1S/C12H14BrNO/c13-11-5-3-9(4-6-11)1-2-10-7-12(15)14-8-10/h3-6,10H,1-2,7-8H2,(H,14,15). The van der Waals surface area contributed by atoms with Crippen molar-refractivity contribution in [1.29, 1.82) is 0 Å². The Hall–Kier alpha value is -0.830. The molecule has 1 amide bonds. The van der Waals surface area contributed by atoms with Crippen LogP contribution in [-0.2, 0) is 11.2 Å². The maximum absolute atomic E-state index is 11.0. The van der Waals surface area contributed by atoms with Crippen LogP contribution in [0.1, 0.15) is 18.4 Å². The first-order valence-corrected chi connectivity index (χ1v) is 6.04. The van der Waals surface area contributed by atoms with Gasteiger partial charge in [-0.25, -0.2) is 0 Å². The molecule has 0 saturated carbocycles. The highest BCUT2D eigenvalue weighted by molar-refractivity contribution is 9.10. The Morgan fingerprint density at radius 1 is 1.33 bits per heavy atom. The zero-order valence-corrected chi connectivity index (χ0v) is 10.1. The first-order chi connectivity index (χ1) is 7.24. The molecule has 1 unspecified atom stereocenters. The van der Waals surface area contributed by atoms with E-state index in [4.69, 9.17) is 0 Å². The summed E-state index contributed by atoms with van der Waals surface area (Å²) in [5, 5.41) is 2.87. The van der Waals surface area contributed by atoms with Crippen LogP contribution in [0.25, 0.3) is 0 Å². The second kappa shape index (κ2) is 4.79. The van der Waals surface area contributed by atoms with Crippen molar-refractivity contribution in [2.24, 2.45) is 5.92 Å². The van der Waals surface area contributed by atoms with Crippen LogP contribution in [0.4, 0.5) is 0 Å². The van der Waals surface area contributed by atoms with Crippen molar-refractivity contribution in [1.82, 2.24) is 5.32 Å². The van der Waals surface area contributed by atoms with Gasteiger partial charge in [-0.05, 0) is 36.5 Å². The zero-order chi connectivity index (χ0) is 10.7. The van der Waals surface area contributed by atoms with Crippen molar-refractivity contribution in [2.45, 2.75) is 19.3 Å². The van der Waals surface area contributed by atoms with Gasteiger partial charge in [0.25, 0.3) is 0 Å². The smallest absolute Gasteiger partial charge is 0.220 e. The molecule has 80 valence electrons. The number of hydrogen-bond acceptors (Lipinski definition) is 1. The van der Waals surface area contributed by atoms with Gasteiger partial charge in [0.05, 0.1) is 0 Å². The molecule has 2 nitrogen and oxygen atoms in total. The van der Waals surface area contributed by atoms with Gasteiger partial charge in [0, 0.05) is 17.4 Å². The maximum atomic E-state index is 11.0. The second-order valence-corrected chi connectivity index (χ2v) is 4.96. The highest BCUT2D eigenvalue weighted by Gasteiger charge is 2.20. The van der Waals surface area contributed by atoms with Gasteiger partial charge in [-0.3, -0.25) is 4.79 Å². The van der Waals surface area contributed by atoms with E-state index < -0.39 is 0 Å². The lowest BCUT2D eigenvalue weighted by molar-refractivity contribution is -0.119. The summed E-state index contributed by atoms with van der Waals surface area (Å²) >= 11 is 3.42. The Labute approximate surface area is 98.2 Å². The summed E-state index contributed by atoms with van der Waals surface area (Å²) in [6.07, 6.45) is 2.86. The van der Waals surface area contributed by atoms with E-state index in [1.165, 1.54) is 5.56 Å². The van der Waals surface area contributed by atoms with Crippen molar-refractivity contribution in [2.75, 3.05) is 6.54 Å². The SMILES string of the molecule is O=C1CC(CCc2ccc(Br)cc2)CN1. The van der Waals surface area contributed by atoms with E-state index in [2.05, 4.69) is 45.5 Å². The van der Waals surface area contributed by atoms with Crippen molar-refractivity contribution in [3.8, 4) is 0 Å². The van der Waals surface area contributed by atoms with E-state index in [1.54, 1.807) is 0 Å². The summed E-state index contributed by atoms with van der Waals surface area (Å²) < 4.78 is 1.11. The topological polar surface area (TPSA) is 29.1 Å². The Balaban J connectivity index is 1.83. The molecule has 1 heterocycles. The number of rotatable bonds is 3. The summed E-state index contributed by atoms with van der Waals surface area (Å²) in [7, 11) is 0. The number of carbonyl (C=O) groups is 1. The number of hydrogen-bond donors (Lipinski definition) is 1. The van der Waals surface area contributed by atoms with Crippen LogP contribution in [0.2, 0.25) is 0 Å². The van der Waals surface area contributed by atoms with Gasteiger partial charge in [-0.2, -0.15) is 0 Å². The predicted octanol–water partition coefficient (Wildman–Crippen LogP) is 2.52. The molecule has 1 aliphatic rings. The average molecular weight is 268 g/mol. The maximum Gasteiger partial charge on any atom is 0.220 e.